The summed E-state index contributed by atoms with van der Waals surface area (Å²) in [5.74, 6) is -0.214. The molecule has 4 rings (SSSR count). The van der Waals surface area contributed by atoms with Crippen LogP contribution >= 0.6 is 11.3 Å². The molecule has 2 heterocycles. The van der Waals surface area contributed by atoms with Crippen LogP contribution in [0.5, 0.6) is 0 Å². The van der Waals surface area contributed by atoms with Crippen LogP contribution in [-0.2, 0) is 11.2 Å². The second-order valence-electron chi connectivity index (χ2n) is 6.30. The number of thiophene rings is 1. The molecule has 1 aliphatic heterocycles. The van der Waals surface area contributed by atoms with E-state index in [0.717, 1.165) is 30.0 Å². The van der Waals surface area contributed by atoms with Crippen molar-refractivity contribution >= 4 is 21.4 Å². The zero-order valence-electron chi connectivity index (χ0n) is 13.8. The van der Waals surface area contributed by atoms with Gasteiger partial charge in [-0.15, -0.1) is 11.3 Å². The Morgan fingerprint density at radius 2 is 1.88 bits per heavy atom. The van der Waals surface area contributed by atoms with Crippen LogP contribution < -0.4 is 0 Å². The summed E-state index contributed by atoms with van der Waals surface area (Å²) in [6.07, 6.45) is 0.168. The molecule has 3 nitrogen and oxygen atoms in total. The van der Waals surface area contributed by atoms with Crippen LogP contribution in [-0.4, -0.2) is 36.3 Å². The zero-order chi connectivity index (χ0) is 17.2. The molecule has 25 heavy (non-hydrogen) atoms. The van der Waals surface area contributed by atoms with Gasteiger partial charge in [0, 0.05) is 22.7 Å². The predicted octanol–water partition coefficient (Wildman–Crippen LogP) is 3.95. The molecule has 1 aromatic heterocycles. The van der Waals surface area contributed by atoms with Gasteiger partial charge in [-0.2, -0.15) is 0 Å². The monoisotopic (exact) mass is 357 g/mol. The Morgan fingerprint density at radius 3 is 2.64 bits per heavy atom. The Bertz CT molecular complexity index is 856. The summed E-state index contributed by atoms with van der Waals surface area (Å²) < 4.78 is 19.6. The molecule has 1 fully saturated rings. The minimum atomic E-state index is -0.583. The van der Waals surface area contributed by atoms with Gasteiger partial charge in [-0.25, -0.2) is 4.39 Å². The van der Waals surface area contributed by atoms with Gasteiger partial charge in [0.2, 0.25) is 0 Å². The van der Waals surface area contributed by atoms with Crippen molar-refractivity contribution in [1.82, 2.24) is 4.90 Å². The van der Waals surface area contributed by atoms with Crippen molar-refractivity contribution in [3.05, 3.63) is 70.4 Å². The van der Waals surface area contributed by atoms with Gasteiger partial charge in [-0.1, -0.05) is 24.3 Å². The summed E-state index contributed by atoms with van der Waals surface area (Å²) >= 11 is 1.63. The number of rotatable bonds is 4. The van der Waals surface area contributed by atoms with Gasteiger partial charge in [-0.05, 0) is 47.2 Å². The molecule has 5 heteroatoms. The van der Waals surface area contributed by atoms with Crippen LogP contribution in [0.1, 0.15) is 22.2 Å². The van der Waals surface area contributed by atoms with Crippen LogP contribution in [0.2, 0.25) is 0 Å². The number of aliphatic hydroxyl groups is 1. The Balaban J connectivity index is 1.62. The summed E-state index contributed by atoms with van der Waals surface area (Å²) in [5.41, 5.74) is 2.27. The minimum Gasteiger partial charge on any atom is -0.379 e. The fourth-order valence-corrected chi connectivity index (χ4v) is 4.38. The lowest BCUT2D eigenvalue weighted by molar-refractivity contribution is -0.0586. The number of ether oxygens (including phenoxy) is 1. The average Bonchev–Trinajstić information content (AvgIpc) is 3.09. The van der Waals surface area contributed by atoms with E-state index in [4.69, 9.17) is 4.74 Å². The lowest BCUT2D eigenvalue weighted by atomic mass is 10.0. The Hall–Kier alpha value is -1.79. The fraction of sp³-hybridized carbons (Fsp3) is 0.300. The largest absolute Gasteiger partial charge is 0.379 e. The molecule has 0 saturated carbocycles. The third-order valence-corrected chi connectivity index (χ3v) is 5.76. The first-order valence-electron chi connectivity index (χ1n) is 8.46. The van der Waals surface area contributed by atoms with Crippen molar-refractivity contribution in [2.45, 2.75) is 12.6 Å². The number of halogens is 1. The Labute approximate surface area is 150 Å². The van der Waals surface area contributed by atoms with Crippen molar-refractivity contribution in [3.8, 4) is 0 Å². The molecule has 0 spiro atoms. The molecule has 3 aromatic rings. The van der Waals surface area contributed by atoms with Crippen molar-refractivity contribution < 1.29 is 14.2 Å². The highest BCUT2D eigenvalue weighted by Gasteiger charge is 2.22. The van der Waals surface area contributed by atoms with Crippen molar-refractivity contribution in [1.29, 1.82) is 0 Å². The average molecular weight is 357 g/mol. The van der Waals surface area contributed by atoms with Crippen LogP contribution in [0.15, 0.2) is 48.5 Å². The minimum absolute atomic E-state index is 0.214. The molecule has 130 valence electrons. The highest BCUT2D eigenvalue weighted by atomic mass is 32.1. The highest BCUT2D eigenvalue weighted by Crippen LogP contribution is 2.34. The van der Waals surface area contributed by atoms with E-state index in [0.29, 0.717) is 13.2 Å². The first-order valence-corrected chi connectivity index (χ1v) is 9.28. The second kappa shape index (κ2) is 7.22. The Morgan fingerprint density at radius 1 is 1.12 bits per heavy atom. The molecule has 0 radical (unpaired) electrons. The number of hydrogen-bond donors (Lipinski definition) is 1. The normalized spacial score (nSPS) is 17.0. The molecule has 0 aliphatic carbocycles. The third kappa shape index (κ3) is 3.60. The smallest absolute Gasteiger partial charge is 0.142 e. The third-order valence-electron chi connectivity index (χ3n) is 4.62. The lowest BCUT2D eigenvalue weighted by Gasteiger charge is -2.30. The number of aliphatic hydroxyl groups excluding tert-OH is 1. The van der Waals surface area contributed by atoms with Gasteiger partial charge in [0.25, 0.3) is 0 Å². The van der Waals surface area contributed by atoms with Gasteiger partial charge in [0.1, 0.15) is 12.0 Å². The Kier molecular flexibility index (Phi) is 4.81. The zero-order valence-corrected chi connectivity index (χ0v) is 14.6. The van der Waals surface area contributed by atoms with E-state index in [-0.39, 0.29) is 5.82 Å². The molecule has 0 bridgehead atoms. The molecule has 1 aliphatic rings. The molecular formula is C20H20FNO2S. The molecular weight excluding hydrogens is 337 g/mol. The highest BCUT2D eigenvalue weighted by molar-refractivity contribution is 7.19. The number of fused-ring (bicyclic) bond motifs is 1. The van der Waals surface area contributed by atoms with Crippen LogP contribution in [0.25, 0.3) is 10.1 Å². The lowest BCUT2D eigenvalue weighted by Crippen LogP contribution is -2.38. The van der Waals surface area contributed by atoms with E-state index in [1.807, 2.05) is 23.1 Å². The van der Waals surface area contributed by atoms with E-state index in [9.17, 15) is 9.50 Å². The van der Waals surface area contributed by atoms with Crippen LogP contribution in [0, 0.1) is 5.82 Å². The van der Waals surface area contributed by atoms with Crippen LogP contribution in [0.4, 0.5) is 4.39 Å². The van der Waals surface area contributed by atoms with Gasteiger partial charge in [0.15, 0.2) is 0 Å². The van der Waals surface area contributed by atoms with Crippen molar-refractivity contribution in [2.75, 3.05) is 26.3 Å². The number of nitrogens with zero attached hydrogens (tertiary/aromatic N) is 1. The van der Waals surface area contributed by atoms with E-state index < -0.39 is 6.23 Å². The van der Waals surface area contributed by atoms with E-state index in [1.54, 1.807) is 11.3 Å². The molecule has 1 atom stereocenters. The topological polar surface area (TPSA) is 32.7 Å². The standard InChI is InChI=1S/C20H20FNO2S/c21-16-6-4-14(5-7-16)12-15-2-1-3-18-17(15)13-19(25-18)20(23)22-8-10-24-11-9-22/h1-7,13,20,23H,8-12H2. The summed E-state index contributed by atoms with van der Waals surface area (Å²) in [5, 5.41) is 11.9. The molecule has 1 unspecified atom stereocenters. The van der Waals surface area contributed by atoms with Gasteiger partial charge in [0.05, 0.1) is 13.2 Å². The first kappa shape index (κ1) is 16.7. The molecule has 0 amide bonds. The maximum Gasteiger partial charge on any atom is 0.142 e. The van der Waals surface area contributed by atoms with Gasteiger partial charge >= 0.3 is 0 Å². The maximum absolute atomic E-state index is 13.1. The summed E-state index contributed by atoms with van der Waals surface area (Å²) in [7, 11) is 0. The van der Waals surface area contributed by atoms with Gasteiger partial charge in [-0.3, -0.25) is 4.90 Å². The van der Waals surface area contributed by atoms with Crippen molar-refractivity contribution in [3.63, 3.8) is 0 Å². The van der Waals surface area contributed by atoms with Crippen LogP contribution in [0.3, 0.4) is 0 Å². The predicted molar refractivity (Wildman–Crippen MR) is 98.4 cm³/mol. The second-order valence-corrected chi connectivity index (χ2v) is 7.42. The summed E-state index contributed by atoms with van der Waals surface area (Å²) in [4.78, 5) is 3.01. The summed E-state index contributed by atoms with van der Waals surface area (Å²) in [6, 6.07) is 15.0. The number of benzene rings is 2. The van der Waals surface area contributed by atoms with E-state index in [1.165, 1.54) is 27.8 Å². The van der Waals surface area contributed by atoms with Gasteiger partial charge < -0.3 is 9.84 Å². The quantitative estimate of drug-likeness (QED) is 0.767. The molecule has 1 saturated heterocycles. The number of morpholine rings is 1. The number of hydrogen-bond acceptors (Lipinski definition) is 4. The van der Waals surface area contributed by atoms with Crippen molar-refractivity contribution in [2.24, 2.45) is 0 Å². The first-order chi connectivity index (χ1) is 12.2. The fourth-order valence-electron chi connectivity index (χ4n) is 3.25. The molecule has 1 N–H and O–H groups in total. The van der Waals surface area contributed by atoms with E-state index in [2.05, 4.69) is 18.2 Å². The van der Waals surface area contributed by atoms with E-state index >= 15 is 0 Å². The maximum atomic E-state index is 13.1. The molecule has 2 aromatic carbocycles. The summed E-state index contributed by atoms with van der Waals surface area (Å²) in [6.45, 7) is 2.82. The SMILES string of the molecule is OC(c1cc2c(Cc3ccc(F)cc3)cccc2s1)N1CCOCC1.